The van der Waals surface area contributed by atoms with Gasteiger partial charge in [0.25, 0.3) is 5.91 Å². The van der Waals surface area contributed by atoms with E-state index in [-0.39, 0.29) is 18.2 Å². The molecule has 8 nitrogen and oxygen atoms in total. The van der Waals surface area contributed by atoms with Crippen molar-refractivity contribution in [1.29, 1.82) is 5.26 Å². The van der Waals surface area contributed by atoms with Gasteiger partial charge in [-0.25, -0.2) is 0 Å². The normalized spacial score (nSPS) is 20.0. The van der Waals surface area contributed by atoms with Crippen LogP contribution < -0.4 is 16.0 Å². The fourth-order valence-corrected chi connectivity index (χ4v) is 4.12. The van der Waals surface area contributed by atoms with Gasteiger partial charge in [0.1, 0.15) is 17.8 Å². The van der Waals surface area contributed by atoms with Crippen molar-refractivity contribution in [2.24, 2.45) is 11.8 Å². The highest BCUT2D eigenvalue weighted by Crippen LogP contribution is 2.33. The van der Waals surface area contributed by atoms with Gasteiger partial charge >= 0.3 is 0 Å². The van der Waals surface area contributed by atoms with E-state index >= 15 is 0 Å². The predicted octanol–water partition coefficient (Wildman–Crippen LogP) is 2.25. The molecule has 3 amide bonds. The van der Waals surface area contributed by atoms with E-state index in [4.69, 9.17) is 11.6 Å². The van der Waals surface area contributed by atoms with E-state index in [9.17, 15) is 19.6 Å². The zero-order valence-electron chi connectivity index (χ0n) is 16.9. The van der Waals surface area contributed by atoms with Gasteiger partial charge in [0.05, 0.1) is 6.07 Å². The number of nitriles is 1. The van der Waals surface area contributed by atoms with Crippen LogP contribution in [0.5, 0.6) is 0 Å². The van der Waals surface area contributed by atoms with E-state index in [1.165, 1.54) is 0 Å². The molecule has 0 radical (unpaired) electrons. The Kier molecular flexibility index (Phi) is 6.14. The number of H-pyrrole nitrogens is 1. The maximum Gasteiger partial charge on any atom is 0.268 e. The Labute approximate surface area is 184 Å². The first-order valence-electron chi connectivity index (χ1n) is 10.5. The van der Waals surface area contributed by atoms with Gasteiger partial charge < -0.3 is 20.9 Å². The van der Waals surface area contributed by atoms with Crippen LogP contribution >= 0.6 is 11.6 Å². The van der Waals surface area contributed by atoms with E-state index in [1.807, 2.05) is 6.07 Å². The van der Waals surface area contributed by atoms with Crippen LogP contribution in [0, 0.1) is 23.2 Å². The van der Waals surface area contributed by atoms with E-state index in [0.29, 0.717) is 36.0 Å². The molecule has 2 aromatic rings. The van der Waals surface area contributed by atoms with Crippen LogP contribution in [-0.4, -0.2) is 41.3 Å². The lowest BCUT2D eigenvalue weighted by Crippen LogP contribution is -2.50. The summed E-state index contributed by atoms with van der Waals surface area (Å²) in [6.07, 6.45) is 3.48. The Bertz CT molecular complexity index is 1060. The first-order chi connectivity index (χ1) is 14.9. The summed E-state index contributed by atoms with van der Waals surface area (Å²) < 4.78 is 0. The monoisotopic (exact) mass is 441 g/mol. The molecule has 1 aromatic heterocycles. The van der Waals surface area contributed by atoms with Crippen molar-refractivity contribution >= 4 is 40.2 Å². The third-order valence-corrected chi connectivity index (χ3v) is 6.11. The smallest absolute Gasteiger partial charge is 0.268 e. The number of nitrogens with one attached hydrogen (secondary N) is 4. The number of halogens is 1. The van der Waals surface area contributed by atoms with Crippen LogP contribution in [0.3, 0.4) is 0 Å². The van der Waals surface area contributed by atoms with Crippen molar-refractivity contribution in [3.63, 3.8) is 0 Å². The van der Waals surface area contributed by atoms with Crippen molar-refractivity contribution in [1.82, 2.24) is 20.9 Å². The number of aromatic nitrogens is 1. The number of rotatable bonds is 8. The highest BCUT2D eigenvalue weighted by Gasteiger charge is 2.33. The second-order valence-corrected chi connectivity index (χ2v) is 8.76. The van der Waals surface area contributed by atoms with E-state index < -0.39 is 23.9 Å². The Hall–Kier alpha value is -3.05. The molecule has 4 rings (SSSR count). The number of fused-ring (bicyclic) bond motifs is 1. The molecule has 1 aliphatic carbocycles. The molecule has 3 unspecified atom stereocenters. The summed E-state index contributed by atoms with van der Waals surface area (Å²) in [6, 6.07) is 7.55. The molecule has 1 aliphatic heterocycles. The highest BCUT2D eigenvalue weighted by molar-refractivity contribution is 6.31. The Morgan fingerprint density at radius 1 is 1.19 bits per heavy atom. The minimum Gasteiger partial charge on any atom is -0.356 e. The number of benzene rings is 1. The van der Waals surface area contributed by atoms with E-state index in [2.05, 4.69) is 27.0 Å². The van der Waals surface area contributed by atoms with Gasteiger partial charge in [-0.2, -0.15) is 5.26 Å². The fraction of sp³-hybridized carbons (Fsp3) is 0.455. The number of nitrogens with zero attached hydrogens (tertiary/aromatic N) is 1. The minimum atomic E-state index is -0.782. The van der Waals surface area contributed by atoms with Gasteiger partial charge in [0, 0.05) is 28.4 Å². The van der Waals surface area contributed by atoms with Crippen LogP contribution in [0.15, 0.2) is 24.3 Å². The van der Waals surface area contributed by atoms with Gasteiger partial charge in [-0.1, -0.05) is 30.5 Å². The molecule has 2 aliphatic rings. The summed E-state index contributed by atoms with van der Waals surface area (Å²) in [7, 11) is 0. The molecular formula is C22H24ClN5O3. The molecular weight excluding hydrogens is 418 g/mol. The molecule has 3 atom stereocenters. The number of hydrogen-bond donors (Lipinski definition) is 4. The molecule has 31 heavy (non-hydrogen) atoms. The van der Waals surface area contributed by atoms with E-state index in [0.717, 1.165) is 23.7 Å². The molecule has 162 valence electrons. The third-order valence-electron chi connectivity index (χ3n) is 5.87. The van der Waals surface area contributed by atoms with Crippen molar-refractivity contribution in [2.75, 3.05) is 6.54 Å². The summed E-state index contributed by atoms with van der Waals surface area (Å²) in [5.74, 6) is -0.768. The summed E-state index contributed by atoms with van der Waals surface area (Å²) in [5, 5.41) is 19.1. The molecule has 2 fully saturated rings. The molecule has 0 bridgehead atoms. The minimum absolute atomic E-state index is 0.0868. The number of carbonyl (C=O) groups is 3. The molecule has 2 heterocycles. The van der Waals surface area contributed by atoms with Gasteiger partial charge in [0.15, 0.2) is 0 Å². The standard InChI is InChI=1S/C22H24ClN5O3/c23-15-4-3-13-9-19(27-17(13)10-15)22(31)28-18(7-12-1-2-12)21(30)26-16(11-24)8-14-5-6-25-20(14)29/h3-4,9-10,12,14,16,18,27H,1-2,5-8H2,(H,25,29)(H,26,30)(H,28,31). The molecule has 1 saturated heterocycles. The molecule has 1 aromatic carbocycles. The first kappa shape index (κ1) is 21.2. The zero-order chi connectivity index (χ0) is 22.0. The first-order valence-corrected chi connectivity index (χ1v) is 10.9. The van der Waals surface area contributed by atoms with Crippen molar-refractivity contribution in [3.8, 4) is 6.07 Å². The van der Waals surface area contributed by atoms with Crippen LogP contribution in [0.1, 0.15) is 42.6 Å². The number of aromatic amines is 1. The Morgan fingerprint density at radius 2 is 2.00 bits per heavy atom. The van der Waals surface area contributed by atoms with Crippen LogP contribution in [0.2, 0.25) is 5.02 Å². The lowest BCUT2D eigenvalue weighted by molar-refractivity contribution is -0.125. The largest absolute Gasteiger partial charge is 0.356 e. The summed E-state index contributed by atoms with van der Waals surface area (Å²) in [6.45, 7) is 0.589. The van der Waals surface area contributed by atoms with Gasteiger partial charge in [-0.15, -0.1) is 0 Å². The van der Waals surface area contributed by atoms with Gasteiger partial charge in [0.2, 0.25) is 11.8 Å². The van der Waals surface area contributed by atoms with Crippen molar-refractivity contribution in [2.45, 2.75) is 44.2 Å². The SMILES string of the molecule is N#CC(CC1CCNC1=O)NC(=O)C(CC1CC1)NC(=O)c1cc2ccc(Cl)cc2[nH]1. The molecule has 4 N–H and O–H groups in total. The van der Waals surface area contributed by atoms with Crippen LogP contribution in [0.4, 0.5) is 0 Å². The molecule has 1 saturated carbocycles. The van der Waals surface area contributed by atoms with Crippen molar-refractivity contribution in [3.05, 3.63) is 35.0 Å². The average Bonchev–Trinajstić information content (AvgIpc) is 3.32. The summed E-state index contributed by atoms with van der Waals surface area (Å²) in [5.41, 5.74) is 1.07. The lowest BCUT2D eigenvalue weighted by atomic mass is 9.98. The predicted molar refractivity (Wildman–Crippen MR) is 115 cm³/mol. The second-order valence-electron chi connectivity index (χ2n) is 8.32. The lowest BCUT2D eigenvalue weighted by Gasteiger charge is -2.21. The quantitative estimate of drug-likeness (QED) is 0.501. The van der Waals surface area contributed by atoms with Crippen LogP contribution in [-0.2, 0) is 9.59 Å². The summed E-state index contributed by atoms with van der Waals surface area (Å²) in [4.78, 5) is 40.6. The molecule has 0 spiro atoms. The fourth-order valence-electron chi connectivity index (χ4n) is 3.95. The third kappa shape index (κ3) is 5.17. The van der Waals surface area contributed by atoms with Gasteiger partial charge in [-0.3, -0.25) is 14.4 Å². The van der Waals surface area contributed by atoms with E-state index in [1.54, 1.807) is 18.2 Å². The highest BCUT2D eigenvalue weighted by atomic mass is 35.5. The number of carbonyl (C=O) groups excluding carboxylic acids is 3. The Morgan fingerprint density at radius 3 is 2.68 bits per heavy atom. The topological polar surface area (TPSA) is 127 Å². The van der Waals surface area contributed by atoms with Crippen LogP contribution in [0.25, 0.3) is 10.9 Å². The molecule has 9 heteroatoms. The number of amides is 3. The summed E-state index contributed by atoms with van der Waals surface area (Å²) >= 11 is 6.00. The Balaban J connectivity index is 1.43. The zero-order valence-corrected chi connectivity index (χ0v) is 17.7. The number of hydrogen-bond acceptors (Lipinski definition) is 4. The average molecular weight is 442 g/mol. The van der Waals surface area contributed by atoms with Crippen molar-refractivity contribution < 1.29 is 14.4 Å². The maximum atomic E-state index is 12.9. The second kappa shape index (κ2) is 8.98. The maximum absolute atomic E-state index is 12.9. The van der Waals surface area contributed by atoms with Gasteiger partial charge in [-0.05, 0) is 43.4 Å².